The van der Waals surface area contributed by atoms with Crippen LogP contribution in [0.25, 0.3) is 0 Å². The van der Waals surface area contributed by atoms with E-state index in [0.717, 1.165) is 12.1 Å². The highest BCUT2D eigenvalue weighted by Crippen LogP contribution is 2.36. The highest BCUT2D eigenvalue weighted by molar-refractivity contribution is 7.92. The Morgan fingerprint density at radius 2 is 1.67 bits per heavy atom. The van der Waals surface area contributed by atoms with E-state index in [4.69, 9.17) is 0 Å². The van der Waals surface area contributed by atoms with Crippen LogP contribution in [0.3, 0.4) is 0 Å². The number of aromatic carboxylic acids is 1. The Balaban J connectivity index is 1.36. The van der Waals surface area contributed by atoms with Crippen LogP contribution in [0.4, 0.5) is 11.4 Å². The maximum absolute atomic E-state index is 13.3. The van der Waals surface area contributed by atoms with Crippen LogP contribution < -0.4 is 15.6 Å². The van der Waals surface area contributed by atoms with Crippen LogP contribution in [0.1, 0.15) is 45.7 Å². The molecule has 0 saturated carbocycles. The van der Waals surface area contributed by atoms with Crippen molar-refractivity contribution in [2.45, 2.75) is 30.7 Å². The van der Waals surface area contributed by atoms with Gasteiger partial charge in [0.25, 0.3) is 21.5 Å². The van der Waals surface area contributed by atoms with Crippen LogP contribution in [0.15, 0.2) is 70.4 Å². The third-order valence-electron chi connectivity index (χ3n) is 6.98. The SMILES string of the molecule is CC(=O)Nc1ccc(S(=O)(=O)Nc2ccc3n(c2=O)C[C@H]2C[C@@H]3CN(C(=O)c3cccc(C(=O)O)c3)C2)cc1. The minimum absolute atomic E-state index is 0.0197. The number of hydrogen-bond acceptors (Lipinski definition) is 6. The zero-order valence-electron chi connectivity index (χ0n) is 21.0. The number of sulfonamides is 1. The van der Waals surface area contributed by atoms with Gasteiger partial charge in [0.15, 0.2) is 0 Å². The number of nitrogens with zero attached hydrogens (tertiary/aromatic N) is 2. The van der Waals surface area contributed by atoms with E-state index in [2.05, 4.69) is 10.0 Å². The van der Waals surface area contributed by atoms with Gasteiger partial charge in [-0.1, -0.05) is 6.07 Å². The number of amides is 2. The van der Waals surface area contributed by atoms with E-state index in [1.807, 2.05) is 0 Å². The zero-order valence-corrected chi connectivity index (χ0v) is 21.8. The number of anilines is 2. The standard InChI is InChI=1S/C27H26N4O7S/c1-16(32)28-21-5-7-22(8-6-21)39(37,38)29-23-9-10-24-20-11-17(14-31(24)26(23)34)13-30(15-20)25(33)18-3-2-4-19(12-18)27(35)36/h2-10,12,17,20,29H,11,13-15H2,1H3,(H,28,32)(H,35,36)/t17-,20+/m0/s1. The van der Waals surface area contributed by atoms with Crippen molar-refractivity contribution in [3.05, 3.63) is 87.8 Å². The van der Waals surface area contributed by atoms with Crippen LogP contribution in [0.5, 0.6) is 0 Å². The maximum atomic E-state index is 13.3. The maximum Gasteiger partial charge on any atom is 0.335 e. The molecular weight excluding hydrogens is 524 g/mol. The Kier molecular flexibility index (Phi) is 6.73. The van der Waals surface area contributed by atoms with Gasteiger partial charge >= 0.3 is 5.97 Å². The first-order chi connectivity index (χ1) is 18.5. The third kappa shape index (κ3) is 5.28. The molecule has 0 radical (unpaired) electrons. The summed E-state index contributed by atoms with van der Waals surface area (Å²) in [5.74, 6) is -1.80. The van der Waals surface area contributed by atoms with Crippen molar-refractivity contribution in [3.63, 3.8) is 0 Å². The highest BCUT2D eigenvalue weighted by atomic mass is 32.2. The topological polar surface area (TPSA) is 155 Å². The number of carbonyl (C=O) groups is 3. The summed E-state index contributed by atoms with van der Waals surface area (Å²) in [7, 11) is -4.06. The predicted molar refractivity (Wildman–Crippen MR) is 142 cm³/mol. The van der Waals surface area contributed by atoms with Crippen molar-refractivity contribution in [1.82, 2.24) is 9.47 Å². The monoisotopic (exact) mass is 550 g/mol. The van der Waals surface area contributed by atoms with E-state index in [0.29, 0.717) is 30.9 Å². The normalized spacial score (nSPS) is 18.1. The number of aromatic nitrogens is 1. The van der Waals surface area contributed by atoms with Gasteiger partial charge < -0.3 is 19.9 Å². The van der Waals surface area contributed by atoms with Gasteiger partial charge in [-0.25, -0.2) is 13.2 Å². The molecule has 39 heavy (non-hydrogen) atoms. The number of carbonyl (C=O) groups excluding carboxylic acids is 2. The summed E-state index contributed by atoms with van der Waals surface area (Å²) in [4.78, 5) is 50.6. The number of benzene rings is 2. The number of pyridine rings is 1. The van der Waals surface area contributed by atoms with E-state index >= 15 is 0 Å². The first-order valence-electron chi connectivity index (χ1n) is 12.3. The second-order valence-corrected chi connectivity index (χ2v) is 11.5. The fourth-order valence-corrected chi connectivity index (χ4v) is 6.34. The van der Waals surface area contributed by atoms with Crippen molar-refractivity contribution < 1.29 is 27.9 Å². The lowest BCUT2D eigenvalue weighted by atomic mass is 9.83. The van der Waals surface area contributed by atoms with Crippen LogP contribution in [-0.4, -0.2) is 53.9 Å². The highest BCUT2D eigenvalue weighted by Gasteiger charge is 2.37. The molecule has 0 spiro atoms. The number of likely N-dealkylation sites (tertiary alicyclic amines) is 1. The van der Waals surface area contributed by atoms with Crippen molar-refractivity contribution >= 4 is 39.2 Å². The number of hydrogen-bond donors (Lipinski definition) is 3. The number of carboxylic acids is 1. The van der Waals surface area contributed by atoms with E-state index in [1.165, 1.54) is 55.5 Å². The fourth-order valence-electron chi connectivity index (χ4n) is 5.28. The van der Waals surface area contributed by atoms with Crippen LogP contribution in [-0.2, 0) is 21.4 Å². The smallest absolute Gasteiger partial charge is 0.335 e. The minimum atomic E-state index is -4.06. The molecule has 3 heterocycles. The van der Waals surface area contributed by atoms with E-state index in [9.17, 15) is 32.7 Å². The summed E-state index contributed by atoms with van der Waals surface area (Å²) in [5, 5.41) is 11.8. The van der Waals surface area contributed by atoms with Crippen LogP contribution in [0.2, 0.25) is 0 Å². The summed E-state index contributed by atoms with van der Waals surface area (Å²) in [6.07, 6.45) is 0.782. The summed E-state index contributed by atoms with van der Waals surface area (Å²) in [5.41, 5.74) is 0.952. The molecule has 11 nitrogen and oxygen atoms in total. The first-order valence-corrected chi connectivity index (χ1v) is 13.8. The molecule has 2 aliphatic rings. The van der Waals surface area contributed by atoms with Crippen molar-refractivity contribution in [1.29, 1.82) is 0 Å². The Morgan fingerprint density at radius 3 is 2.36 bits per heavy atom. The predicted octanol–water partition coefficient (Wildman–Crippen LogP) is 2.57. The van der Waals surface area contributed by atoms with Gasteiger partial charge in [-0.3, -0.25) is 19.1 Å². The average Bonchev–Trinajstić information content (AvgIpc) is 2.90. The van der Waals surface area contributed by atoms with E-state index < -0.39 is 21.6 Å². The zero-order chi connectivity index (χ0) is 27.9. The van der Waals surface area contributed by atoms with Crippen LogP contribution in [0, 0.1) is 5.92 Å². The second-order valence-electron chi connectivity index (χ2n) is 9.79. The molecule has 2 aromatic carbocycles. The number of nitrogens with one attached hydrogen (secondary N) is 2. The van der Waals surface area contributed by atoms with Gasteiger partial charge in [0.2, 0.25) is 5.91 Å². The first kappa shape index (κ1) is 26.2. The average molecular weight is 551 g/mol. The number of piperidine rings is 1. The van der Waals surface area contributed by atoms with Gasteiger partial charge in [-0.2, -0.15) is 0 Å². The molecule has 0 aliphatic carbocycles. The number of fused-ring (bicyclic) bond motifs is 4. The Bertz CT molecular complexity index is 1650. The number of rotatable bonds is 6. The molecule has 2 aliphatic heterocycles. The molecule has 1 aromatic heterocycles. The molecule has 0 unspecified atom stereocenters. The lowest BCUT2D eigenvalue weighted by Crippen LogP contribution is -2.49. The summed E-state index contributed by atoms with van der Waals surface area (Å²) < 4.78 is 29.8. The Labute approximate surface area is 224 Å². The summed E-state index contributed by atoms with van der Waals surface area (Å²) in [6.45, 7) is 2.43. The van der Waals surface area contributed by atoms with Crippen LogP contribution >= 0.6 is 0 Å². The molecule has 1 fully saturated rings. The lowest BCUT2D eigenvalue weighted by molar-refractivity contribution is -0.114. The quantitative estimate of drug-likeness (QED) is 0.426. The molecule has 5 rings (SSSR count). The van der Waals surface area contributed by atoms with Crippen molar-refractivity contribution in [3.8, 4) is 0 Å². The number of carboxylic acid groups (broad SMARTS) is 1. The molecule has 3 aromatic rings. The Morgan fingerprint density at radius 1 is 0.949 bits per heavy atom. The van der Waals surface area contributed by atoms with Gasteiger partial charge in [-0.15, -0.1) is 0 Å². The Hall–Kier alpha value is -4.45. The van der Waals surface area contributed by atoms with Gasteiger partial charge in [-0.05, 0) is 66.9 Å². The minimum Gasteiger partial charge on any atom is -0.478 e. The van der Waals surface area contributed by atoms with Gasteiger partial charge in [0.05, 0.1) is 10.5 Å². The van der Waals surface area contributed by atoms with E-state index in [-0.39, 0.29) is 39.8 Å². The van der Waals surface area contributed by atoms with Gasteiger partial charge in [0, 0.05) is 49.4 Å². The molecule has 202 valence electrons. The summed E-state index contributed by atoms with van der Waals surface area (Å²) >= 11 is 0. The largest absolute Gasteiger partial charge is 0.478 e. The third-order valence-corrected chi connectivity index (χ3v) is 8.36. The lowest BCUT2D eigenvalue weighted by Gasteiger charge is -2.43. The summed E-state index contributed by atoms with van der Waals surface area (Å²) in [6, 6.07) is 14.7. The molecule has 2 bridgehead atoms. The molecule has 12 heteroatoms. The fraction of sp³-hybridized carbons (Fsp3) is 0.259. The van der Waals surface area contributed by atoms with E-state index in [1.54, 1.807) is 21.6 Å². The van der Waals surface area contributed by atoms with Crippen molar-refractivity contribution in [2.24, 2.45) is 5.92 Å². The molecular formula is C27H26N4O7S. The van der Waals surface area contributed by atoms with Gasteiger partial charge in [0.1, 0.15) is 5.69 Å². The second kappa shape index (κ2) is 10.0. The van der Waals surface area contributed by atoms with Crippen molar-refractivity contribution in [2.75, 3.05) is 23.1 Å². The molecule has 2 atom stereocenters. The molecule has 3 N–H and O–H groups in total. The molecule has 2 amide bonds. The molecule has 1 saturated heterocycles.